The fourth-order valence-electron chi connectivity index (χ4n) is 1.09. The number of carbonyl (C=O) groups excluding carboxylic acids is 1. The van der Waals surface area contributed by atoms with Crippen LogP contribution in [0.15, 0.2) is 24.3 Å². The van der Waals surface area contributed by atoms with E-state index in [0.29, 0.717) is 10.7 Å². The van der Waals surface area contributed by atoms with Crippen LogP contribution in [-0.2, 0) is 9.53 Å². The van der Waals surface area contributed by atoms with E-state index in [-0.39, 0.29) is 5.91 Å². The third-order valence-electron chi connectivity index (χ3n) is 2.48. The van der Waals surface area contributed by atoms with Gasteiger partial charge in [-0.3, -0.25) is 4.79 Å². The van der Waals surface area contributed by atoms with Crippen molar-refractivity contribution in [2.75, 3.05) is 12.4 Å². The average molecular weight is 252 g/mol. The summed E-state index contributed by atoms with van der Waals surface area (Å²) in [5, 5.41) is 2.75. The molecule has 0 saturated heterocycles. The number of benzene rings is 1. The maximum absolute atomic E-state index is 11.8. The highest BCUT2D eigenvalue weighted by atomic mass is 32.1. The Morgan fingerprint density at radius 3 is 2.29 bits per heavy atom. The first-order valence-electron chi connectivity index (χ1n) is 5.13. The number of thiocarbonyl (C=S) groups is 1. The van der Waals surface area contributed by atoms with Gasteiger partial charge in [-0.1, -0.05) is 12.2 Å². The Labute approximate surface area is 106 Å². The maximum atomic E-state index is 11.8. The Bertz CT molecular complexity index is 427. The van der Waals surface area contributed by atoms with E-state index in [4.69, 9.17) is 22.7 Å². The van der Waals surface area contributed by atoms with E-state index < -0.39 is 5.60 Å². The van der Waals surface area contributed by atoms with E-state index in [1.807, 2.05) is 0 Å². The molecule has 5 heteroatoms. The highest BCUT2D eigenvalue weighted by Gasteiger charge is 2.26. The molecule has 1 amide bonds. The van der Waals surface area contributed by atoms with Gasteiger partial charge < -0.3 is 15.8 Å². The van der Waals surface area contributed by atoms with Gasteiger partial charge in [0.15, 0.2) is 0 Å². The van der Waals surface area contributed by atoms with Crippen molar-refractivity contribution >= 4 is 28.8 Å². The predicted molar refractivity (Wildman–Crippen MR) is 72.0 cm³/mol. The van der Waals surface area contributed by atoms with Gasteiger partial charge in [-0.05, 0) is 38.1 Å². The molecule has 0 radical (unpaired) electrons. The normalized spacial score (nSPS) is 11.0. The number of hydrogen-bond acceptors (Lipinski definition) is 3. The van der Waals surface area contributed by atoms with Gasteiger partial charge in [-0.25, -0.2) is 0 Å². The molecule has 0 unspecified atom stereocenters. The molecule has 1 aromatic carbocycles. The molecule has 0 saturated carbocycles. The molecular weight excluding hydrogens is 236 g/mol. The van der Waals surface area contributed by atoms with Crippen LogP contribution in [0.25, 0.3) is 0 Å². The summed E-state index contributed by atoms with van der Waals surface area (Å²) in [5.74, 6) is -0.205. The van der Waals surface area contributed by atoms with Crippen molar-refractivity contribution in [3.8, 4) is 0 Å². The largest absolute Gasteiger partial charge is 0.389 e. The highest BCUT2D eigenvalue weighted by molar-refractivity contribution is 7.80. The fraction of sp³-hybridized carbons (Fsp3) is 0.333. The summed E-state index contributed by atoms with van der Waals surface area (Å²) in [5.41, 5.74) is 6.07. The van der Waals surface area contributed by atoms with Crippen LogP contribution in [0.1, 0.15) is 19.4 Å². The average Bonchev–Trinajstić information content (AvgIpc) is 2.29. The number of nitrogens with one attached hydrogen (secondary N) is 1. The van der Waals surface area contributed by atoms with Crippen LogP contribution in [0, 0.1) is 0 Å². The lowest BCUT2D eigenvalue weighted by Crippen LogP contribution is -2.38. The standard InChI is InChI=1S/C12H16N2O2S/c1-12(2,16-3)11(15)14-9-6-4-8(5-7-9)10(13)17/h4-7H,1-3H3,(H2,13,17)(H,14,15). The molecule has 17 heavy (non-hydrogen) atoms. The molecule has 0 heterocycles. The molecule has 0 aromatic heterocycles. The minimum absolute atomic E-state index is 0.205. The second kappa shape index (κ2) is 5.25. The Kier molecular flexibility index (Phi) is 4.20. The van der Waals surface area contributed by atoms with Crippen LogP contribution in [0.4, 0.5) is 5.69 Å². The molecule has 0 aliphatic rings. The van der Waals surface area contributed by atoms with Crippen LogP contribution >= 0.6 is 12.2 Å². The highest BCUT2D eigenvalue weighted by Crippen LogP contribution is 2.14. The molecule has 0 spiro atoms. The summed E-state index contributed by atoms with van der Waals surface area (Å²) >= 11 is 4.84. The number of rotatable bonds is 4. The Morgan fingerprint density at radius 1 is 1.35 bits per heavy atom. The third kappa shape index (κ3) is 3.51. The summed E-state index contributed by atoms with van der Waals surface area (Å²) in [6.45, 7) is 3.40. The second-order valence-corrected chi connectivity index (χ2v) is 4.55. The van der Waals surface area contributed by atoms with Crippen molar-refractivity contribution in [2.24, 2.45) is 5.73 Å². The zero-order valence-corrected chi connectivity index (χ0v) is 10.9. The van der Waals surface area contributed by atoms with Crippen molar-refractivity contribution in [1.29, 1.82) is 0 Å². The molecule has 0 atom stereocenters. The third-order valence-corrected chi connectivity index (χ3v) is 2.72. The lowest BCUT2D eigenvalue weighted by atomic mass is 10.1. The van der Waals surface area contributed by atoms with E-state index >= 15 is 0 Å². The predicted octanol–water partition coefficient (Wildman–Crippen LogP) is 1.68. The lowest BCUT2D eigenvalue weighted by Gasteiger charge is -2.21. The van der Waals surface area contributed by atoms with E-state index in [0.717, 1.165) is 5.56 Å². The Morgan fingerprint density at radius 2 is 1.88 bits per heavy atom. The molecule has 3 N–H and O–H groups in total. The number of ether oxygens (including phenoxy) is 1. The number of amides is 1. The SMILES string of the molecule is COC(C)(C)C(=O)Nc1ccc(C(N)=S)cc1. The van der Waals surface area contributed by atoms with Gasteiger partial charge in [0.1, 0.15) is 10.6 Å². The van der Waals surface area contributed by atoms with E-state index in [1.165, 1.54) is 7.11 Å². The molecule has 0 aliphatic carbocycles. The number of anilines is 1. The van der Waals surface area contributed by atoms with Crippen LogP contribution in [0.2, 0.25) is 0 Å². The molecule has 1 aromatic rings. The number of methoxy groups -OCH3 is 1. The quantitative estimate of drug-likeness (QED) is 0.800. The Hall–Kier alpha value is -1.46. The van der Waals surface area contributed by atoms with E-state index in [9.17, 15) is 4.79 Å². The van der Waals surface area contributed by atoms with Gasteiger partial charge in [-0.2, -0.15) is 0 Å². The van der Waals surface area contributed by atoms with Crippen LogP contribution in [-0.4, -0.2) is 23.6 Å². The van der Waals surface area contributed by atoms with Gasteiger partial charge >= 0.3 is 0 Å². The maximum Gasteiger partial charge on any atom is 0.256 e. The molecule has 1 rings (SSSR count). The summed E-state index contributed by atoms with van der Waals surface area (Å²) in [6, 6.07) is 7.02. The molecule has 4 nitrogen and oxygen atoms in total. The van der Waals surface area contributed by atoms with Crippen molar-refractivity contribution < 1.29 is 9.53 Å². The summed E-state index contributed by atoms with van der Waals surface area (Å²) < 4.78 is 5.08. The topological polar surface area (TPSA) is 64.3 Å². The first-order valence-corrected chi connectivity index (χ1v) is 5.54. The van der Waals surface area contributed by atoms with Crippen molar-refractivity contribution in [2.45, 2.75) is 19.4 Å². The zero-order chi connectivity index (χ0) is 13.1. The minimum atomic E-state index is -0.859. The lowest BCUT2D eigenvalue weighted by molar-refractivity contribution is -0.133. The fourth-order valence-corrected chi connectivity index (χ4v) is 1.23. The van der Waals surface area contributed by atoms with Gasteiger partial charge in [0.25, 0.3) is 5.91 Å². The monoisotopic (exact) mass is 252 g/mol. The summed E-state index contributed by atoms with van der Waals surface area (Å²) in [4.78, 5) is 12.1. The number of carbonyl (C=O) groups is 1. The molecule has 0 fully saturated rings. The number of nitrogens with two attached hydrogens (primary N) is 1. The van der Waals surface area contributed by atoms with Gasteiger partial charge in [0, 0.05) is 18.4 Å². The first-order chi connectivity index (χ1) is 7.86. The Balaban J connectivity index is 2.76. The van der Waals surface area contributed by atoms with E-state index in [2.05, 4.69) is 5.32 Å². The van der Waals surface area contributed by atoms with Gasteiger partial charge in [0.05, 0.1) is 0 Å². The minimum Gasteiger partial charge on any atom is -0.389 e. The van der Waals surface area contributed by atoms with Crippen molar-refractivity contribution in [3.63, 3.8) is 0 Å². The second-order valence-electron chi connectivity index (χ2n) is 4.11. The summed E-state index contributed by atoms with van der Waals surface area (Å²) in [6.07, 6.45) is 0. The molecule has 92 valence electrons. The zero-order valence-electron chi connectivity index (χ0n) is 10.1. The van der Waals surface area contributed by atoms with Gasteiger partial charge in [-0.15, -0.1) is 0 Å². The summed E-state index contributed by atoms with van der Waals surface area (Å²) in [7, 11) is 1.50. The van der Waals surface area contributed by atoms with Crippen LogP contribution in [0.5, 0.6) is 0 Å². The molecule has 0 bridgehead atoms. The molecular formula is C12H16N2O2S. The smallest absolute Gasteiger partial charge is 0.256 e. The van der Waals surface area contributed by atoms with Gasteiger partial charge in [0.2, 0.25) is 0 Å². The van der Waals surface area contributed by atoms with E-state index in [1.54, 1.807) is 38.1 Å². The first kappa shape index (κ1) is 13.6. The number of hydrogen-bond donors (Lipinski definition) is 2. The van der Waals surface area contributed by atoms with Crippen LogP contribution < -0.4 is 11.1 Å². The van der Waals surface area contributed by atoms with Crippen LogP contribution in [0.3, 0.4) is 0 Å². The van der Waals surface area contributed by atoms with Crippen molar-refractivity contribution in [1.82, 2.24) is 0 Å². The molecule has 0 aliphatic heterocycles. The van der Waals surface area contributed by atoms with Crippen molar-refractivity contribution in [3.05, 3.63) is 29.8 Å².